The normalized spacial score (nSPS) is 21.9. The van der Waals surface area contributed by atoms with Crippen molar-refractivity contribution in [3.8, 4) is 0 Å². The lowest BCUT2D eigenvalue weighted by atomic mass is 10.1. The summed E-state index contributed by atoms with van der Waals surface area (Å²) in [5, 5.41) is 5.89. The van der Waals surface area contributed by atoms with Gasteiger partial charge < -0.3 is 10.6 Å². The molecule has 1 fully saturated rings. The van der Waals surface area contributed by atoms with E-state index in [4.69, 9.17) is 0 Å². The quantitative estimate of drug-likeness (QED) is 0.826. The van der Waals surface area contributed by atoms with Crippen LogP contribution in [0.3, 0.4) is 0 Å². The fourth-order valence-corrected chi connectivity index (χ4v) is 2.40. The summed E-state index contributed by atoms with van der Waals surface area (Å²) < 4.78 is 12.9. The largest absolute Gasteiger partial charge is 0.358 e. The number of rotatable bonds is 3. The number of carbonyl (C=O) groups excluding carboxylic acids is 1. The molecule has 1 saturated heterocycles. The minimum atomic E-state index is -0.348. The van der Waals surface area contributed by atoms with Crippen molar-refractivity contribution in [3.05, 3.63) is 29.8 Å². The first-order chi connectivity index (χ1) is 9.13. The highest BCUT2D eigenvalue weighted by Crippen LogP contribution is 2.22. The molecule has 0 radical (unpaired) electrons. The second-order valence-corrected chi connectivity index (χ2v) is 4.65. The molecule has 1 aliphatic rings. The van der Waals surface area contributed by atoms with Gasteiger partial charge in [0.2, 0.25) is 5.91 Å². The third kappa shape index (κ3) is 3.08. The molecular formula is C13H19FN4O. The van der Waals surface area contributed by atoms with Gasteiger partial charge in [0.1, 0.15) is 11.9 Å². The van der Waals surface area contributed by atoms with E-state index in [2.05, 4.69) is 20.5 Å². The average molecular weight is 266 g/mol. The van der Waals surface area contributed by atoms with Crippen LogP contribution in [0.5, 0.6) is 0 Å². The summed E-state index contributed by atoms with van der Waals surface area (Å²) in [4.78, 5) is 18.1. The zero-order chi connectivity index (χ0) is 13.8. The number of nitrogens with one attached hydrogen (secondary N) is 2. The molecular weight excluding hydrogens is 247 g/mol. The standard InChI is InChI=1S/C13H19FN4O/c1-9(11-4-3-10(14)7-17-11)18-6-5-16-8-12(18)13(19)15-2/h3-4,7,9,12,16H,5-6,8H2,1-2H3,(H,15,19). The van der Waals surface area contributed by atoms with Gasteiger partial charge in [0.05, 0.1) is 17.9 Å². The molecule has 0 bridgehead atoms. The van der Waals surface area contributed by atoms with E-state index in [0.717, 1.165) is 18.8 Å². The van der Waals surface area contributed by atoms with E-state index >= 15 is 0 Å². The SMILES string of the molecule is CNC(=O)C1CNCCN1C(C)c1ccc(F)cn1. The Morgan fingerprint density at radius 2 is 2.42 bits per heavy atom. The molecule has 1 amide bonds. The Hall–Kier alpha value is -1.53. The van der Waals surface area contributed by atoms with E-state index in [1.807, 2.05) is 6.92 Å². The molecule has 2 atom stereocenters. The van der Waals surface area contributed by atoms with Crippen molar-refractivity contribution in [2.75, 3.05) is 26.7 Å². The van der Waals surface area contributed by atoms with Gasteiger partial charge in [0, 0.05) is 26.7 Å². The Morgan fingerprint density at radius 1 is 1.63 bits per heavy atom. The van der Waals surface area contributed by atoms with Crippen molar-refractivity contribution >= 4 is 5.91 Å². The van der Waals surface area contributed by atoms with Crippen molar-refractivity contribution in [3.63, 3.8) is 0 Å². The first-order valence-corrected chi connectivity index (χ1v) is 6.43. The van der Waals surface area contributed by atoms with Crippen molar-refractivity contribution in [1.29, 1.82) is 0 Å². The lowest BCUT2D eigenvalue weighted by Gasteiger charge is -2.38. The molecule has 2 rings (SSSR count). The van der Waals surface area contributed by atoms with Crippen LogP contribution in [0, 0.1) is 5.82 Å². The van der Waals surface area contributed by atoms with Crippen molar-refractivity contribution in [2.24, 2.45) is 0 Å². The first kappa shape index (κ1) is 13.9. The molecule has 2 unspecified atom stereocenters. The lowest BCUT2D eigenvalue weighted by Crippen LogP contribution is -2.57. The number of likely N-dealkylation sites (N-methyl/N-ethyl adjacent to an activating group) is 1. The number of piperazine rings is 1. The molecule has 5 nitrogen and oxygen atoms in total. The van der Waals surface area contributed by atoms with E-state index in [0.29, 0.717) is 6.54 Å². The lowest BCUT2D eigenvalue weighted by molar-refractivity contribution is -0.127. The molecule has 1 aromatic rings. The summed E-state index contributed by atoms with van der Waals surface area (Å²) >= 11 is 0. The molecule has 0 aliphatic carbocycles. The molecule has 1 aliphatic heterocycles. The maximum atomic E-state index is 12.9. The van der Waals surface area contributed by atoms with Crippen molar-refractivity contribution in [1.82, 2.24) is 20.5 Å². The smallest absolute Gasteiger partial charge is 0.238 e. The van der Waals surface area contributed by atoms with Gasteiger partial charge in [-0.1, -0.05) is 0 Å². The molecule has 0 aromatic carbocycles. The number of aromatic nitrogens is 1. The molecule has 2 N–H and O–H groups in total. The maximum absolute atomic E-state index is 12.9. The Kier molecular flexibility index (Phi) is 4.44. The highest BCUT2D eigenvalue weighted by molar-refractivity contribution is 5.81. The van der Waals surface area contributed by atoms with Gasteiger partial charge in [-0.15, -0.1) is 0 Å². The van der Waals surface area contributed by atoms with Crippen LogP contribution in [0.2, 0.25) is 0 Å². The van der Waals surface area contributed by atoms with Gasteiger partial charge in [0.25, 0.3) is 0 Å². The number of hydrogen-bond donors (Lipinski definition) is 2. The summed E-state index contributed by atoms with van der Waals surface area (Å²) in [5.74, 6) is -0.361. The molecule has 6 heteroatoms. The van der Waals surface area contributed by atoms with Gasteiger partial charge in [0.15, 0.2) is 0 Å². The molecule has 1 aromatic heterocycles. The van der Waals surface area contributed by atoms with Crippen LogP contribution in [0.25, 0.3) is 0 Å². The van der Waals surface area contributed by atoms with E-state index in [1.165, 1.54) is 12.3 Å². The monoisotopic (exact) mass is 266 g/mol. The van der Waals surface area contributed by atoms with E-state index in [9.17, 15) is 9.18 Å². The molecule has 104 valence electrons. The highest BCUT2D eigenvalue weighted by atomic mass is 19.1. The molecule has 0 saturated carbocycles. The van der Waals surface area contributed by atoms with Crippen LogP contribution in [0.4, 0.5) is 4.39 Å². The highest BCUT2D eigenvalue weighted by Gasteiger charge is 2.32. The van der Waals surface area contributed by atoms with Crippen LogP contribution < -0.4 is 10.6 Å². The van der Waals surface area contributed by atoms with E-state index < -0.39 is 0 Å². The van der Waals surface area contributed by atoms with Crippen LogP contribution >= 0.6 is 0 Å². The predicted molar refractivity (Wildman–Crippen MR) is 70.0 cm³/mol. The summed E-state index contributed by atoms with van der Waals surface area (Å²) in [6.07, 6.45) is 1.21. The Morgan fingerprint density at radius 3 is 3.05 bits per heavy atom. The van der Waals surface area contributed by atoms with Crippen LogP contribution in [-0.4, -0.2) is 48.5 Å². The number of halogens is 1. The van der Waals surface area contributed by atoms with Crippen LogP contribution in [0.1, 0.15) is 18.7 Å². The number of amides is 1. The number of pyridine rings is 1. The van der Waals surface area contributed by atoms with Gasteiger partial charge >= 0.3 is 0 Å². The Labute approximate surface area is 112 Å². The van der Waals surface area contributed by atoms with Crippen molar-refractivity contribution < 1.29 is 9.18 Å². The fourth-order valence-electron chi connectivity index (χ4n) is 2.40. The number of hydrogen-bond acceptors (Lipinski definition) is 4. The van der Waals surface area contributed by atoms with Crippen LogP contribution in [-0.2, 0) is 4.79 Å². The number of nitrogens with zero attached hydrogens (tertiary/aromatic N) is 2. The number of carbonyl (C=O) groups is 1. The van der Waals surface area contributed by atoms with Gasteiger partial charge in [-0.3, -0.25) is 14.7 Å². The Bertz CT molecular complexity index is 437. The molecule has 19 heavy (non-hydrogen) atoms. The van der Waals surface area contributed by atoms with Gasteiger partial charge in [-0.05, 0) is 19.1 Å². The van der Waals surface area contributed by atoms with E-state index in [-0.39, 0.29) is 23.8 Å². The Balaban J connectivity index is 2.17. The second kappa shape index (κ2) is 6.08. The third-order valence-electron chi connectivity index (χ3n) is 3.51. The maximum Gasteiger partial charge on any atom is 0.238 e. The zero-order valence-corrected chi connectivity index (χ0v) is 11.2. The topological polar surface area (TPSA) is 57.3 Å². The first-order valence-electron chi connectivity index (χ1n) is 6.43. The molecule has 0 spiro atoms. The van der Waals surface area contributed by atoms with E-state index in [1.54, 1.807) is 13.1 Å². The zero-order valence-electron chi connectivity index (χ0n) is 11.2. The predicted octanol–water partition coefficient (Wildman–Crippen LogP) is 0.301. The average Bonchev–Trinajstić information content (AvgIpc) is 2.46. The summed E-state index contributed by atoms with van der Waals surface area (Å²) in [6, 6.07) is 2.82. The van der Waals surface area contributed by atoms with Crippen LogP contribution in [0.15, 0.2) is 18.3 Å². The third-order valence-corrected chi connectivity index (χ3v) is 3.51. The van der Waals surface area contributed by atoms with Gasteiger partial charge in [-0.25, -0.2) is 4.39 Å². The summed E-state index contributed by atoms with van der Waals surface area (Å²) in [7, 11) is 1.63. The summed E-state index contributed by atoms with van der Waals surface area (Å²) in [6.45, 7) is 4.20. The second-order valence-electron chi connectivity index (χ2n) is 4.65. The minimum absolute atomic E-state index is 0.0128. The van der Waals surface area contributed by atoms with Gasteiger partial charge in [-0.2, -0.15) is 0 Å². The fraction of sp³-hybridized carbons (Fsp3) is 0.538. The summed E-state index contributed by atoms with van der Waals surface area (Å²) in [5.41, 5.74) is 0.775. The van der Waals surface area contributed by atoms with Crippen molar-refractivity contribution in [2.45, 2.75) is 19.0 Å². The minimum Gasteiger partial charge on any atom is -0.358 e. The molecule has 2 heterocycles.